The fraction of sp³-hybridized carbons (Fsp3) is 0.158. The maximum Gasteiger partial charge on any atom is 2.00 e. The first-order valence-corrected chi connectivity index (χ1v) is 38.2. The molecule has 6 nitrogen and oxygen atoms in total. The molecule has 0 atom stereocenters. The van der Waals surface area contributed by atoms with E-state index in [-0.39, 0.29) is 59.1 Å². The van der Waals surface area contributed by atoms with Gasteiger partial charge in [0.05, 0.1) is 10.8 Å². The van der Waals surface area contributed by atoms with Crippen molar-refractivity contribution in [1.82, 2.24) is 0 Å². The molecule has 0 radical (unpaired) electrons. The third kappa shape index (κ3) is 15.8. The quantitative estimate of drug-likeness (QED) is 0.0652. The molecule has 5 heterocycles. The molecule has 1 saturated carbocycles. The van der Waals surface area contributed by atoms with Crippen molar-refractivity contribution in [2.24, 2.45) is 0 Å². The average molecular weight is 2160 g/mol. The summed E-state index contributed by atoms with van der Waals surface area (Å²) < 4.78 is 41.2. The van der Waals surface area contributed by atoms with E-state index in [0.29, 0.717) is 21.9 Å². The number of rotatable bonds is 0. The second-order valence-electron chi connectivity index (χ2n) is 23.6. The van der Waals surface area contributed by atoms with Gasteiger partial charge in [-0.25, -0.2) is 0 Å². The van der Waals surface area contributed by atoms with Crippen molar-refractivity contribution in [2.75, 3.05) is 0 Å². The zero-order chi connectivity index (χ0) is 64.7. The van der Waals surface area contributed by atoms with Crippen LogP contribution in [0.25, 0.3) is 27.5 Å². The van der Waals surface area contributed by atoms with E-state index in [2.05, 4.69) is 338 Å². The van der Waals surface area contributed by atoms with Gasteiger partial charge in [0.25, 0.3) is 0 Å². The number of aryl methyl sites for hydroxylation is 5. The van der Waals surface area contributed by atoms with E-state index in [4.69, 9.17) is 23.4 Å². The molecular formula is C76H57Br5ClI5MgO6. The predicted octanol–water partition coefficient (Wildman–Crippen LogP) is 23.6. The first kappa shape index (κ1) is 75.9. The molecule has 0 saturated heterocycles. The van der Waals surface area contributed by atoms with Crippen molar-refractivity contribution >= 4 is 243 Å². The Labute approximate surface area is 682 Å². The molecular weight excluding hydrogens is 2100 g/mol. The normalized spacial score (nSPS) is 13.6. The van der Waals surface area contributed by atoms with E-state index in [0.717, 1.165) is 101 Å². The van der Waals surface area contributed by atoms with Crippen LogP contribution in [-0.2, 0) is 17.3 Å². The number of fused-ring (bicyclic) bond motifs is 12. The van der Waals surface area contributed by atoms with Crippen molar-refractivity contribution < 1.29 is 35.8 Å². The van der Waals surface area contributed by atoms with Crippen LogP contribution in [0.2, 0.25) is 0 Å². The van der Waals surface area contributed by atoms with Gasteiger partial charge < -0.3 is 43.2 Å². The van der Waals surface area contributed by atoms with Crippen molar-refractivity contribution in [1.29, 1.82) is 0 Å². The molecule has 476 valence electrons. The fourth-order valence-electron chi connectivity index (χ4n) is 11.7. The van der Waals surface area contributed by atoms with Crippen LogP contribution in [0, 0.1) is 59.9 Å². The van der Waals surface area contributed by atoms with Crippen LogP contribution >= 0.6 is 193 Å². The summed E-state index contributed by atoms with van der Waals surface area (Å²) in [6, 6.07) is 51.8. The Kier molecular flexibility index (Phi) is 25.0. The van der Waals surface area contributed by atoms with E-state index in [1.54, 1.807) is 0 Å². The van der Waals surface area contributed by atoms with Crippen LogP contribution in [0.3, 0.4) is 0 Å². The van der Waals surface area contributed by atoms with E-state index < -0.39 is 0 Å². The maximum absolute atomic E-state index is 12.4. The smallest absolute Gasteiger partial charge is 1.00 e. The van der Waals surface area contributed by atoms with Crippen LogP contribution in [0.5, 0.6) is 46.0 Å². The van der Waals surface area contributed by atoms with Gasteiger partial charge in [0, 0.05) is 96.4 Å². The van der Waals surface area contributed by atoms with Gasteiger partial charge in [-0.2, -0.15) is 0 Å². The van der Waals surface area contributed by atoms with E-state index in [1.165, 1.54) is 82.8 Å². The molecule has 0 unspecified atom stereocenters. The molecule has 0 bridgehead atoms. The number of benzene rings is 10. The molecule has 1 aromatic heterocycles. The summed E-state index contributed by atoms with van der Waals surface area (Å²) in [6.07, 6.45) is 3.42. The zero-order valence-electron chi connectivity index (χ0n) is 52.1. The van der Waals surface area contributed by atoms with Crippen molar-refractivity contribution in [2.45, 2.75) is 78.6 Å². The molecule has 0 amide bonds. The summed E-state index contributed by atoms with van der Waals surface area (Å²) >= 11 is 29.3. The SMILES string of the molecule is C=C1c2cc(I)ccc2Oc2cc(Br)c(C)cc21.Cc1cc2c(=O)c3cc(I)ccc3oc2cc1Br.Cc1cc2c(cc1Br)Oc1ccc(I)cc1C2.Cc1cc2c(cc1Br)Oc1ccc(I)cc1C2(C)C.Cc1cc2c(cc1Br)Oc1ccc(I)cc1C21CC1.[CH3-].[Cl-].[Mg+2]. The van der Waals surface area contributed by atoms with Crippen LogP contribution in [0.4, 0.5) is 0 Å². The summed E-state index contributed by atoms with van der Waals surface area (Å²) in [5, 5.41) is 1.27. The summed E-state index contributed by atoms with van der Waals surface area (Å²) in [6.45, 7) is 19.1. The number of hydrogen-bond donors (Lipinski definition) is 0. The molecule has 94 heavy (non-hydrogen) atoms. The van der Waals surface area contributed by atoms with Crippen molar-refractivity contribution in [3.05, 3.63) is 288 Å². The van der Waals surface area contributed by atoms with Gasteiger partial charge >= 0.3 is 23.1 Å². The summed E-state index contributed by atoms with van der Waals surface area (Å²) in [5.74, 6) is 7.66. The van der Waals surface area contributed by atoms with Crippen molar-refractivity contribution in [3.8, 4) is 46.0 Å². The van der Waals surface area contributed by atoms with E-state index in [9.17, 15) is 4.79 Å². The van der Waals surface area contributed by atoms with Gasteiger partial charge in [0.2, 0.25) is 5.43 Å². The number of hydrogen-bond acceptors (Lipinski definition) is 6. The first-order chi connectivity index (χ1) is 43.2. The van der Waals surface area contributed by atoms with E-state index >= 15 is 0 Å². The molecule has 5 aliphatic rings. The van der Waals surface area contributed by atoms with Gasteiger partial charge in [0.1, 0.15) is 57.2 Å². The number of halogens is 11. The molecule has 11 aromatic rings. The average Bonchev–Trinajstić information content (AvgIpc) is 1.58. The zero-order valence-corrected chi connectivity index (χ0v) is 73.0. The largest absolute Gasteiger partial charge is 2.00 e. The van der Waals surface area contributed by atoms with Crippen LogP contribution in [0.1, 0.15) is 99.0 Å². The minimum Gasteiger partial charge on any atom is -1.00 e. The summed E-state index contributed by atoms with van der Waals surface area (Å²) in [7, 11) is 0. The monoisotopic (exact) mass is 2150 g/mol. The molecule has 18 heteroatoms. The molecule has 1 fully saturated rings. The Morgan fingerprint density at radius 2 is 0.798 bits per heavy atom. The maximum atomic E-state index is 12.4. The summed E-state index contributed by atoms with van der Waals surface area (Å²) in [5.41, 5.74) is 18.4. The minimum atomic E-state index is -0.0322. The third-order valence-corrected chi connectivity index (χ3v) is 24.5. The standard InChI is InChI=1S/C16H12BrIO.C16H14BrIO.C15H10BrIO.C14H8BrIO2.C14H10BrIO.CH3.ClH.Mg/c1-9-6-11-15(8-13(9)17)19-14-3-2-10(18)7-12(14)16(11)4-5-16;1-9-6-11-15(8-13(9)17)19-14-5-4-10(18)7-12(14)16(11,2)3;1-8-5-11-9(2)12-6-10(17)3-4-14(12)18-15(11)7-13(8)16;1-7-4-9-13(6-11(7)15)18-12-3-2-8(16)5-10(12)14(9)17;1-8-4-9-5-10-6-11(16)2-3-13(10)17-14(9)7-12(8)15;;;/h2-3,6-8H,4-5H2,1H3;4-8H,1-3H3;3-7H,2H2,1H3;2-6H,1H3;2-4,6-7H,5H2,1H3;1H3;1H;/q;;;;;-1;;+2/p-1. The fourth-order valence-corrected chi connectivity index (χ4v) is 15.8. The minimum absolute atomic E-state index is 0. The second kappa shape index (κ2) is 30.9. The predicted molar refractivity (Wildman–Crippen MR) is 443 cm³/mol. The summed E-state index contributed by atoms with van der Waals surface area (Å²) in [4.78, 5) is 12.4. The number of ether oxygens (including phenoxy) is 4. The second-order valence-corrected chi connectivity index (χ2v) is 34.1. The molecule has 4 aliphatic heterocycles. The topological polar surface area (TPSA) is 67.1 Å². The molecule has 0 N–H and O–H groups in total. The molecule has 10 aromatic carbocycles. The van der Waals surface area contributed by atoms with Crippen LogP contribution in [0.15, 0.2) is 190 Å². The molecule has 16 rings (SSSR count). The van der Waals surface area contributed by atoms with Gasteiger partial charge in [0.15, 0.2) is 0 Å². The van der Waals surface area contributed by atoms with Gasteiger partial charge in [-0.3, -0.25) is 4.79 Å². The Balaban J connectivity index is 0.000000137. The Morgan fingerprint density at radius 3 is 1.43 bits per heavy atom. The van der Waals surface area contributed by atoms with Crippen LogP contribution in [-0.4, -0.2) is 23.1 Å². The van der Waals surface area contributed by atoms with Gasteiger partial charge in [-0.15, -0.1) is 0 Å². The third-order valence-electron chi connectivity index (χ3n) is 16.9. The molecule has 1 aliphatic carbocycles. The van der Waals surface area contributed by atoms with Crippen LogP contribution < -0.4 is 36.8 Å². The van der Waals surface area contributed by atoms with Gasteiger partial charge in [-0.1, -0.05) is 118 Å². The molecule has 1 spiro atoms. The Hall–Kier alpha value is -2.28. The Morgan fingerprint density at radius 1 is 0.404 bits per heavy atom. The van der Waals surface area contributed by atoms with E-state index in [1.807, 2.05) is 61.5 Å². The first-order valence-electron chi connectivity index (χ1n) is 28.9. The Bertz CT molecular complexity index is 4830. The van der Waals surface area contributed by atoms with Gasteiger partial charge in [-0.05, 0) is 333 Å². The van der Waals surface area contributed by atoms with Crippen molar-refractivity contribution in [3.63, 3.8) is 0 Å².